The van der Waals surface area contributed by atoms with Gasteiger partial charge in [0, 0.05) is 4.47 Å². The Labute approximate surface area is 133 Å². The van der Waals surface area contributed by atoms with Gasteiger partial charge in [-0.15, -0.1) is 0 Å². The van der Waals surface area contributed by atoms with E-state index < -0.39 is 0 Å². The van der Waals surface area contributed by atoms with Gasteiger partial charge < -0.3 is 10.5 Å². The lowest BCUT2D eigenvalue weighted by Crippen LogP contribution is -2.13. The van der Waals surface area contributed by atoms with Gasteiger partial charge in [-0.3, -0.25) is 5.41 Å². The highest BCUT2D eigenvalue weighted by molar-refractivity contribution is 9.10. The quantitative estimate of drug-likeness (QED) is 0.618. The third-order valence-corrected chi connectivity index (χ3v) is 3.65. The molecule has 0 spiro atoms. The van der Waals surface area contributed by atoms with Crippen molar-refractivity contribution in [3.63, 3.8) is 0 Å². The van der Waals surface area contributed by atoms with Gasteiger partial charge in [-0.05, 0) is 41.3 Å². The van der Waals surface area contributed by atoms with E-state index in [0.717, 1.165) is 10.2 Å². The summed E-state index contributed by atoms with van der Waals surface area (Å²) < 4.78 is 6.82. The van der Waals surface area contributed by atoms with Gasteiger partial charge in [0.25, 0.3) is 0 Å². The van der Waals surface area contributed by atoms with Crippen molar-refractivity contribution in [2.75, 3.05) is 0 Å². The molecule has 0 aliphatic carbocycles. The Hall–Kier alpha value is -1.81. The molecular formula is C17H19BrN2O. The Morgan fingerprint density at radius 2 is 1.86 bits per heavy atom. The van der Waals surface area contributed by atoms with Gasteiger partial charge in [-0.25, -0.2) is 0 Å². The van der Waals surface area contributed by atoms with E-state index >= 15 is 0 Å². The fraction of sp³-hybridized carbons (Fsp3) is 0.235. The molecule has 0 aliphatic heterocycles. The number of amidine groups is 1. The van der Waals surface area contributed by atoms with Gasteiger partial charge in [0.15, 0.2) is 0 Å². The average Bonchev–Trinajstić information content (AvgIpc) is 2.37. The first-order chi connectivity index (χ1) is 9.77. The summed E-state index contributed by atoms with van der Waals surface area (Å²) in [5.41, 5.74) is 7.44. The van der Waals surface area contributed by atoms with Crippen molar-refractivity contribution >= 4 is 21.8 Å². The number of nitrogens with two attached hydrogens (primary N) is 1. The second-order valence-corrected chi connectivity index (χ2v) is 6.85. The van der Waals surface area contributed by atoms with Crippen molar-refractivity contribution in [1.29, 1.82) is 5.41 Å². The number of hydrogen-bond donors (Lipinski definition) is 2. The molecule has 3 nitrogen and oxygen atoms in total. The molecule has 110 valence electrons. The monoisotopic (exact) mass is 346 g/mol. The summed E-state index contributed by atoms with van der Waals surface area (Å²) in [7, 11) is 0. The lowest BCUT2D eigenvalue weighted by Gasteiger charge is -2.20. The molecule has 0 saturated carbocycles. The molecule has 2 aromatic rings. The maximum Gasteiger partial charge on any atom is 0.139 e. The van der Waals surface area contributed by atoms with Crippen LogP contribution < -0.4 is 10.5 Å². The number of benzene rings is 2. The van der Waals surface area contributed by atoms with Crippen molar-refractivity contribution in [2.24, 2.45) is 5.73 Å². The Morgan fingerprint density at radius 3 is 2.48 bits per heavy atom. The van der Waals surface area contributed by atoms with E-state index in [2.05, 4.69) is 42.8 Å². The van der Waals surface area contributed by atoms with Crippen molar-refractivity contribution in [2.45, 2.75) is 26.2 Å². The van der Waals surface area contributed by atoms with Gasteiger partial charge in [0.2, 0.25) is 0 Å². The number of nitrogens with one attached hydrogen (secondary N) is 1. The van der Waals surface area contributed by atoms with Crippen molar-refractivity contribution in [3.05, 3.63) is 58.1 Å². The zero-order valence-corrected chi connectivity index (χ0v) is 14.0. The largest absolute Gasteiger partial charge is 0.457 e. The summed E-state index contributed by atoms with van der Waals surface area (Å²) in [5, 5.41) is 7.64. The van der Waals surface area contributed by atoms with Crippen LogP contribution in [0.15, 0.2) is 46.9 Å². The first-order valence-electron chi connectivity index (χ1n) is 6.70. The summed E-state index contributed by atoms with van der Waals surface area (Å²) in [4.78, 5) is 0. The molecule has 0 unspecified atom stereocenters. The Morgan fingerprint density at radius 1 is 1.14 bits per heavy atom. The van der Waals surface area contributed by atoms with Gasteiger partial charge in [-0.2, -0.15) is 0 Å². The molecule has 21 heavy (non-hydrogen) atoms. The average molecular weight is 347 g/mol. The van der Waals surface area contributed by atoms with Gasteiger partial charge in [0.1, 0.15) is 17.3 Å². The van der Waals surface area contributed by atoms with Crippen LogP contribution in [0, 0.1) is 5.41 Å². The standard InChI is InChI=1S/C17H19BrN2O/c1-17(2,3)11-5-4-6-13(9-11)21-15-10-12(18)7-8-14(15)16(19)20/h4-10H,1-3H3,(H3,19,20). The fourth-order valence-electron chi connectivity index (χ4n) is 1.96. The minimum absolute atomic E-state index is 0.00974. The zero-order valence-electron chi connectivity index (χ0n) is 12.4. The van der Waals surface area contributed by atoms with E-state index in [0.29, 0.717) is 11.3 Å². The minimum atomic E-state index is -0.00974. The highest BCUT2D eigenvalue weighted by Crippen LogP contribution is 2.31. The maximum absolute atomic E-state index is 7.64. The first-order valence-corrected chi connectivity index (χ1v) is 7.49. The van der Waals surface area contributed by atoms with E-state index in [9.17, 15) is 0 Å². The van der Waals surface area contributed by atoms with E-state index in [1.54, 1.807) is 6.07 Å². The van der Waals surface area contributed by atoms with Crippen LogP contribution >= 0.6 is 15.9 Å². The SMILES string of the molecule is CC(C)(C)c1cccc(Oc2cc(Br)ccc2C(=N)N)c1. The predicted octanol–water partition coefficient (Wildman–Crippen LogP) is 4.82. The minimum Gasteiger partial charge on any atom is -0.457 e. The summed E-state index contributed by atoms with van der Waals surface area (Å²) in [6.07, 6.45) is 0. The number of nitrogen functional groups attached to an aromatic ring is 1. The molecule has 0 fully saturated rings. The molecule has 0 heterocycles. The molecule has 3 N–H and O–H groups in total. The molecule has 2 aromatic carbocycles. The smallest absolute Gasteiger partial charge is 0.139 e. The predicted molar refractivity (Wildman–Crippen MR) is 90.4 cm³/mol. The van der Waals surface area contributed by atoms with Crippen LogP contribution in [0.2, 0.25) is 0 Å². The van der Waals surface area contributed by atoms with Crippen LogP contribution in [0.4, 0.5) is 0 Å². The van der Waals surface area contributed by atoms with E-state index in [-0.39, 0.29) is 11.3 Å². The fourth-order valence-corrected chi connectivity index (χ4v) is 2.30. The molecule has 0 aliphatic rings. The Balaban J connectivity index is 2.39. The maximum atomic E-state index is 7.64. The molecule has 0 saturated heterocycles. The molecule has 0 bridgehead atoms. The van der Waals surface area contributed by atoms with Crippen LogP contribution in [-0.2, 0) is 5.41 Å². The van der Waals surface area contributed by atoms with Gasteiger partial charge >= 0.3 is 0 Å². The van der Waals surface area contributed by atoms with Crippen LogP contribution in [-0.4, -0.2) is 5.84 Å². The lowest BCUT2D eigenvalue weighted by molar-refractivity contribution is 0.477. The number of rotatable bonds is 3. The molecule has 0 atom stereocenters. The second kappa shape index (κ2) is 5.90. The summed E-state index contributed by atoms with van der Waals surface area (Å²) in [6.45, 7) is 6.48. The summed E-state index contributed by atoms with van der Waals surface area (Å²) in [6, 6.07) is 13.4. The molecule has 0 amide bonds. The molecule has 2 rings (SSSR count). The molecule has 0 radical (unpaired) electrons. The zero-order chi connectivity index (χ0) is 15.6. The molecule has 4 heteroatoms. The van der Waals surface area contributed by atoms with Crippen molar-refractivity contribution in [3.8, 4) is 11.5 Å². The summed E-state index contributed by atoms with van der Waals surface area (Å²) in [5.74, 6) is 1.30. The highest BCUT2D eigenvalue weighted by atomic mass is 79.9. The van der Waals surface area contributed by atoms with Gasteiger partial charge in [-0.1, -0.05) is 48.8 Å². The van der Waals surface area contributed by atoms with Crippen LogP contribution in [0.5, 0.6) is 11.5 Å². The number of halogens is 1. The third-order valence-electron chi connectivity index (χ3n) is 3.16. The third kappa shape index (κ3) is 3.85. The highest BCUT2D eigenvalue weighted by Gasteiger charge is 2.15. The van der Waals surface area contributed by atoms with E-state index in [4.69, 9.17) is 15.9 Å². The Bertz CT molecular complexity index is 675. The van der Waals surface area contributed by atoms with Crippen LogP contribution in [0.25, 0.3) is 0 Å². The summed E-state index contributed by atoms with van der Waals surface area (Å²) >= 11 is 3.41. The van der Waals surface area contributed by atoms with Gasteiger partial charge in [0.05, 0.1) is 5.56 Å². The molecule has 0 aromatic heterocycles. The van der Waals surface area contributed by atoms with E-state index in [1.807, 2.05) is 30.3 Å². The van der Waals surface area contributed by atoms with Crippen molar-refractivity contribution < 1.29 is 4.74 Å². The van der Waals surface area contributed by atoms with E-state index in [1.165, 1.54) is 5.56 Å². The normalized spacial score (nSPS) is 11.2. The first kappa shape index (κ1) is 15.6. The van der Waals surface area contributed by atoms with Crippen LogP contribution in [0.3, 0.4) is 0 Å². The number of ether oxygens (including phenoxy) is 1. The lowest BCUT2D eigenvalue weighted by atomic mass is 9.87. The topological polar surface area (TPSA) is 59.1 Å². The van der Waals surface area contributed by atoms with Crippen LogP contribution in [0.1, 0.15) is 31.9 Å². The molecular weight excluding hydrogens is 328 g/mol. The van der Waals surface area contributed by atoms with Crippen molar-refractivity contribution in [1.82, 2.24) is 0 Å². The Kier molecular flexibility index (Phi) is 4.37. The number of hydrogen-bond acceptors (Lipinski definition) is 2. The second-order valence-electron chi connectivity index (χ2n) is 5.93.